The Morgan fingerprint density at radius 1 is 1.08 bits per heavy atom. The van der Waals surface area contributed by atoms with Gasteiger partial charge in [-0.3, -0.25) is 5.41 Å². The third-order valence-corrected chi connectivity index (χ3v) is 4.79. The lowest BCUT2D eigenvalue weighted by Crippen LogP contribution is -2.31. The average Bonchev–Trinajstić information content (AvgIpc) is 2.61. The Morgan fingerprint density at radius 3 is 2.58 bits per heavy atom. The van der Waals surface area contributed by atoms with Crippen LogP contribution in [0.2, 0.25) is 0 Å². The van der Waals surface area contributed by atoms with Crippen LogP contribution in [0.25, 0.3) is 5.76 Å². The molecule has 0 radical (unpaired) electrons. The Bertz CT molecular complexity index is 893. The largest absolute Gasteiger partial charge is 0.442 e. The number of aryl methyl sites for hydroxylation is 1. The van der Waals surface area contributed by atoms with E-state index in [2.05, 4.69) is 12.1 Å². The second-order valence-corrected chi connectivity index (χ2v) is 6.11. The Morgan fingerprint density at radius 2 is 1.83 bits per heavy atom. The topological polar surface area (TPSA) is 56.9 Å². The first-order chi connectivity index (χ1) is 11.7. The zero-order valence-electron chi connectivity index (χ0n) is 12.9. The summed E-state index contributed by atoms with van der Waals surface area (Å²) in [5.74, 6) is -0.595. The average molecular weight is 318 g/mol. The highest BCUT2D eigenvalue weighted by molar-refractivity contribution is 5.90. The summed E-state index contributed by atoms with van der Waals surface area (Å²) in [6.45, 7) is 0. The molecule has 1 aliphatic heterocycles. The van der Waals surface area contributed by atoms with Crippen LogP contribution in [-0.4, -0.2) is 5.90 Å². The van der Waals surface area contributed by atoms with Crippen molar-refractivity contribution in [3.05, 3.63) is 76.6 Å². The van der Waals surface area contributed by atoms with Crippen LogP contribution < -0.4 is 0 Å². The number of ether oxygens (including phenoxy) is 1. The molecule has 2 aromatic carbocycles. The van der Waals surface area contributed by atoms with E-state index in [1.165, 1.54) is 17.7 Å². The van der Waals surface area contributed by atoms with Gasteiger partial charge in [-0.2, -0.15) is 5.26 Å². The summed E-state index contributed by atoms with van der Waals surface area (Å²) in [4.78, 5) is 0. The fourth-order valence-corrected chi connectivity index (χ4v) is 3.66. The van der Waals surface area contributed by atoms with E-state index in [0.717, 1.165) is 29.5 Å². The van der Waals surface area contributed by atoms with Gasteiger partial charge in [0.25, 0.3) is 0 Å². The third-order valence-electron chi connectivity index (χ3n) is 4.79. The molecule has 1 heterocycles. The summed E-state index contributed by atoms with van der Waals surface area (Å²) in [7, 11) is 0. The van der Waals surface area contributed by atoms with Gasteiger partial charge in [-0.05, 0) is 41.7 Å². The minimum atomic E-state index is -0.681. The van der Waals surface area contributed by atoms with Crippen LogP contribution in [0.4, 0.5) is 4.39 Å². The maximum atomic E-state index is 13.3. The predicted octanol–water partition coefficient (Wildman–Crippen LogP) is 4.41. The molecule has 0 aromatic heterocycles. The van der Waals surface area contributed by atoms with Crippen molar-refractivity contribution in [1.82, 2.24) is 0 Å². The molecule has 0 saturated carbocycles. The number of fused-ring (bicyclic) bond motifs is 2. The first-order valence-corrected chi connectivity index (χ1v) is 7.91. The molecule has 4 rings (SSSR count). The van der Waals surface area contributed by atoms with Crippen LogP contribution in [0.5, 0.6) is 0 Å². The Labute approximate surface area is 139 Å². The predicted molar refractivity (Wildman–Crippen MR) is 88.7 cm³/mol. The van der Waals surface area contributed by atoms with Crippen LogP contribution >= 0.6 is 0 Å². The first kappa shape index (κ1) is 14.6. The minimum absolute atomic E-state index is 0.0396. The van der Waals surface area contributed by atoms with Gasteiger partial charge < -0.3 is 4.74 Å². The van der Waals surface area contributed by atoms with Gasteiger partial charge in [0.2, 0.25) is 5.90 Å². The smallest absolute Gasteiger partial charge is 0.205 e. The van der Waals surface area contributed by atoms with Gasteiger partial charge in [0, 0.05) is 11.5 Å². The Hall–Kier alpha value is -2.93. The van der Waals surface area contributed by atoms with Gasteiger partial charge >= 0.3 is 0 Å². The fourth-order valence-electron chi connectivity index (χ4n) is 3.66. The number of benzene rings is 2. The molecule has 1 aliphatic carbocycles. The summed E-state index contributed by atoms with van der Waals surface area (Å²) < 4.78 is 19.1. The SMILES string of the molecule is N#CC1C(=N)OC2=C(CCc3ccccc32)C1c1ccc(F)cc1. The standard InChI is InChI=1S/C20H15FN2O/c21-14-8-5-13(6-9-14)18-16-10-7-12-3-1-2-4-15(12)19(16)24-20(23)17(18)11-22/h1-6,8-9,17-18,23H,7,10H2. The van der Waals surface area contributed by atoms with Crippen molar-refractivity contribution in [3.63, 3.8) is 0 Å². The molecular weight excluding hydrogens is 303 g/mol. The zero-order chi connectivity index (χ0) is 16.7. The van der Waals surface area contributed by atoms with Crippen LogP contribution in [0.3, 0.4) is 0 Å². The van der Waals surface area contributed by atoms with Crippen LogP contribution in [-0.2, 0) is 11.2 Å². The van der Waals surface area contributed by atoms with Crippen molar-refractivity contribution in [2.45, 2.75) is 18.8 Å². The second kappa shape index (κ2) is 5.61. The van der Waals surface area contributed by atoms with Gasteiger partial charge in [-0.1, -0.05) is 36.4 Å². The number of halogens is 1. The van der Waals surface area contributed by atoms with Crippen LogP contribution in [0.1, 0.15) is 29.0 Å². The van der Waals surface area contributed by atoms with Gasteiger partial charge in [0.15, 0.2) is 0 Å². The van der Waals surface area contributed by atoms with Crippen molar-refractivity contribution in [2.75, 3.05) is 0 Å². The molecule has 0 spiro atoms. The molecular formula is C20H15FN2O. The van der Waals surface area contributed by atoms with E-state index >= 15 is 0 Å². The molecule has 4 heteroatoms. The highest BCUT2D eigenvalue weighted by Gasteiger charge is 2.40. The van der Waals surface area contributed by atoms with Crippen molar-refractivity contribution in [3.8, 4) is 6.07 Å². The first-order valence-electron chi connectivity index (χ1n) is 7.91. The number of nitrogens with one attached hydrogen (secondary N) is 1. The summed E-state index contributed by atoms with van der Waals surface area (Å²) >= 11 is 0. The van der Waals surface area contributed by atoms with Gasteiger partial charge in [0.05, 0.1) is 6.07 Å². The molecule has 0 amide bonds. The molecule has 2 aliphatic rings. The lowest BCUT2D eigenvalue weighted by Gasteiger charge is -2.35. The maximum absolute atomic E-state index is 13.3. The summed E-state index contributed by atoms with van der Waals surface area (Å²) in [6.07, 6.45) is 1.65. The Kier molecular flexibility index (Phi) is 3.42. The van der Waals surface area contributed by atoms with Crippen molar-refractivity contribution >= 4 is 11.7 Å². The molecule has 118 valence electrons. The summed E-state index contributed by atoms with van der Waals surface area (Å²) in [5.41, 5.74) is 4.06. The fraction of sp³-hybridized carbons (Fsp3) is 0.200. The number of nitrogens with zero attached hydrogens (tertiary/aromatic N) is 1. The van der Waals surface area contributed by atoms with Gasteiger partial charge in [-0.15, -0.1) is 0 Å². The molecule has 0 saturated heterocycles. The van der Waals surface area contributed by atoms with E-state index in [9.17, 15) is 9.65 Å². The Balaban J connectivity index is 1.91. The molecule has 24 heavy (non-hydrogen) atoms. The molecule has 2 aromatic rings. The van der Waals surface area contributed by atoms with Crippen molar-refractivity contribution in [1.29, 1.82) is 10.7 Å². The number of allylic oxidation sites excluding steroid dienone is 1. The second-order valence-electron chi connectivity index (χ2n) is 6.11. The zero-order valence-corrected chi connectivity index (χ0v) is 12.9. The van der Waals surface area contributed by atoms with E-state index in [0.29, 0.717) is 5.76 Å². The minimum Gasteiger partial charge on any atom is -0.442 e. The third kappa shape index (κ3) is 2.21. The highest BCUT2D eigenvalue weighted by Crippen LogP contribution is 2.46. The normalized spacial score (nSPS) is 22.2. The quantitative estimate of drug-likeness (QED) is 0.846. The molecule has 2 atom stereocenters. The lowest BCUT2D eigenvalue weighted by molar-refractivity contribution is 0.410. The number of nitriles is 1. The van der Waals surface area contributed by atoms with Crippen molar-refractivity contribution < 1.29 is 9.13 Å². The van der Waals surface area contributed by atoms with Gasteiger partial charge in [-0.25, -0.2) is 4.39 Å². The highest BCUT2D eigenvalue weighted by atomic mass is 19.1. The maximum Gasteiger partial charge on any atom is 0.205 e. The molecule has 0 bridgehead atoms. The summed E-state index contributed by atoms with van der Waals surface area (Å²) in [5, 5.41) is 17.7. The number of rotatable bonds is 1. The van der Waals surface area contributed by atoms with E-state index in [4.69, 9.17) is 10.1 Å². The van der Waals surface area contributed by atoms with E-state index in [1.54, 1.807) is 12.1 Å². The monoisotopic (exact) mass is 318 g/mol. The molecule has 0 fully saturated rings. The molecule has 1 N–H and O–H groups in total. The number of hydrogen-bond donors (Lipinski definition) is 1. The summed E-state index contributed by atoms with van der Waals surface area (Å²) in [6, 6.07) is 16.4. The lowest BCUT2D eigenvalue weighted by atomic mass is 9.73. The van der Waals surface area contributed by atoms with Crippen molar-refractivity contribution in [2.24, 2.45) is 5.92 Å². The number of hydrogen-bond acceptors (Lipinski definition) is 3. The van der Waals surface area contributed by atoms with Crippen LogP contribution in [0.15, 0.2) is 54.1 Å². The van der Waals surface area contributed by atoms with E-state index in [-0.39, 0.29) is 17.6 Å². The van der Waals surface area contributed by atoms with E-state index < -0.39 is 5.92 Å². The van der Waals surface area contributed by atoms with E-state index in [1.807, 2.05) is 18.2 Å². The van der Waals surface area contributed by atoms with Crippen LogP contribution in [0, 0.1) is 28.5 Å². The molecule has 3 nitrogen and oxygen atoms in total. The molecule has 2 unspecified atom stereocenters. The van der Waals surface area contributed by atoms with Gasteiger partial charge in [0.1, 0.15) is 17.5 Å².